The molecule has 0 atom stereocenters. The van der Waals surface area contributed by atoms with E-state index >= 15 is 0 Å². The van der Waals surface area contributed by atoms with Gasteiger partial charge in [0, 0.05) is 65.4 Å². The van der Waals surface area contributed by atoms with Crippen LogP contribution in [0.25, 0.3) is 0 Å². The molecular formula is C55H78N8O8. The summed E-state index contributed by atoms with van der Waals surface area (Å²) in [5.74, 6) is 0. The number of carbonyl (C=O) groups is 4. The van der Waals surface area contributed by atoms with Gasteiger partial charge in [-0.15, -0.1) is 0 Å². The molecule has 4 aromatic rings. The van der Waals surface area contributed by atoms with Crippen molar-refractivity contribution in [2.75, 3.05) is 105 Å². The molecule has 1 aliphatic rings. The van der Waals surface area contributed by atoms with Gasteiger partial charge in [0.15, 0.2) is 0 Å². The Hall–Kier alpha value is -6.20. The SMILES string of the molecule is O=C(O)N(CCCN1CCCN(CCCN(Cc2ccccc2)C(=O)O)CCCN(CCCN(Cc2ccccc2)C(=O)O)CCN(CCCN(Cc2ccccc2)C(=O)O)CCC1)Cc1ccccc1. The van der Waals surface area contributed by atoms with E-state index in [2.05, 4.69) is 19.6 Å². The summed E-state index contributed by atoms with van der Waals surface area (Å²) < 4.78 is 0. The molecule has 0 aromatic heterocycles. The highest BCUT2D eigenvalue weighted by Crippen LogP contribution is 2.13. The summed E-state index contributed by atoms with van der Waals surface area (Å²) in [6.07, 6.45) is 1.60. The molecule has 0 unspecified atom stereocenters. The van der Waals surface area contributed by atoms with Crippen molar-refractivity contribution in [2.24, 2.45) is 0 Å². The highest BCUT2D eigenvalue weighted by Gasteiger charge is 2.20. The Bertz CT molecular complexity index is 1960. The molecule has 1 saturated heterocycles. The van der Waals surface area contributed by atoms with Gasteiger partial charge in [-0.25, -0.2) is 19.2 Å². The molecule has 0 spiro atoms. The molecule has 0 saturated carbocycles. The van der Waals surface area contributed by atoms with Gasteiger partial charge in [-0.05, 0) is 133 Å². The maximum Gasteiger partial charge on any atom is 0.407 e. The lowest BCUT2D eigenvalue weighted by Gasteiger charge is -2.30. The zero-order chi connectivity index (χ0) is 50.5. The van der Waals surface area contributed by atoms with Crippen molar-refractivity contribution in [1.29, 1.82) is 0 Å². The summed E-state index contributed by atoms with van der Waals surface area (Å²) in [6, 6.07) is 38.6. The van der Waals surface area contributed by atoms with Crippen molar-refractivity contribution in [2.45, 2.75) is 71.1 Å². The topological polar surface area (TPSA) is 175 Å². The monoisotopic (exact) mass is 979 g/mol. The average Bonchev–Trinajstić information content (AvgIpc) is 3.37. The maximum absolute atomic E-state index is 12.4. The third-order valence-electron chi connectivity index (χ3n) is 13.1. The number of benzene rings is 4. The first-order valence-corrected chi connectivity index (χ1v) is 25.5. The Morgan fingerprint density at radius 2 is 0.521 bits per heavy atom. The number of hydrogen-bond donors (Lipinski definition) is 4. The lowest BCUT2D eigenvalue weighted by Crippen LogP contribution is -2.40. The van der Waals surface area contributed by atoms with E-state index in [1.807, 2.05) is 121 Å². The minimum Gasteiger partial charge on any atom is -0.465 e. The van der Waals surface area contributed by atoms with E-state index in [1.165, 1.54) is 19.6 Å². The molecule has 386 valence electrons. The smallest absolute Gasteiger partial charge is 0.407 e. The lowest BCUT2D eigenvalue weighted by atomic mass is 10.2. The normalized spacial score (nSPS) is 15.0. The number of rotatable bonds is 24. The summed E-state index contributed by atoms with van der Waals surface area (Å²) >= 11 is 0. The highest BCUT2D eigenvalue weighted by molar-refractivity contribution is 5.66. The van der Waals surface area contributed by atoms with Gasteiger partial charge in [0.05, 0.1) is 0 Å². The Balaban J connectivity index is 1.29. The first kappa shape index (κ1) is 55.7. The predicted octanol–water partition coefficient (Wildman–Crippen LogP) is 8.66. The third-order valence-corrected chi connectivity index (χ3v) is 13.1. The minimum atomic E-state index is -0.943. The fourth-order valence-electron chi connectivity index (χ4n) is 9.30. The van der Waals surface area contributed by atoms with Crippen LogP contribution in [0.3, 0.4) is 0 Å². The van der Waals surface area contributed by atoms with Gasteiger partial charge in [-0.2, -0.15) is 0 Å². The van der Waals surface area contributed by atoms with Crippen LogP contribution in [0.1, 0.15) is 67.2 Å². The van der Waals surface area contributed by atoms with Crippen molar-refractivity contribution in [1.82, 2.24) is 39.2 Å². The second-order valence-electron chi connectivity index (χ2n) is 18.6. The molecule has 1 heterocycles. The van der Waals surface area contributed by atoms with Crippen LogP contribution in [0.15, 0.2) is 121 Å². The first-order chi connectivity index (χ1) is 34.5. The molecule has 16 heteroatoms. The Morgan fingerprint density at radius 1 is 0.324 bits per heavy atom. The van der Waals surface area contributed by atoms with Crippen LogP contribution in [0.5, 0.6) is 0 Å². The van der Waals surface area contributed by atoms with E-state index in [9.17, 15) is 39.6 Å². The van der Waals surface area contributed by atoms with Gasteiger partial charge >= 0.3 is 24.4 Å². The maximum atomic E-state index is 12.4. The van der Waals surface area contributed by atoms with E-state index in [0.29, 0.717) is 78.0 Å². The quantitative estimate of drug-likeness (QED) is 0.0527. The van der Waals surface area contributed by atoms with Crippen molar-refractivity contribution >= 4 is 24.4 Å². The fraction of sp³-hybridized carbons (Fsp3) is 0.491. The van der Waals surface area contributed by atoms with Crippen LogP contribution in [-0.4, -0.2) is 189 Å². The molecule has 1 aliphatic heterocycles. The molecule has 4 N–H and O–H groups in total. The first-order valence-electron chi connectivity index (χ1n) is 25.5. The lowest BCUT2D eigenvalue weighted by molar-refractivity contribution is 0.132. The second kappa shape index (κ2) is 31.9. The van der Waals surface area contributed by atoms with Gasteiger partial charge in [-0.3, -0.25) is 0 Å². The van der Waals surface area contributed by atoms with E-state index in [4.69, 9.17) is 0 Å². The highest BCUT2D eigenvalue weighted by atomic mass is 16.4. The number of hydrogen-bond acceptors (Lipinski definition) is 8. The minimum absolute atomic E-state index is 0.323. The van der Waals surface area contributed by atoms with Crippen LogP contribution in [0.4, 0.5) is 19.2 Å². The molecule has 71 heavy (non-hydrogen) atoms. The predicted molar refractivity (Wildman–Crippen MR) is 278 cm³/mol. The molecule has 0 radical (unpaired) electrons. The molecule has 0 aliphatic carbocycles. The summed E-state index contributed by atoms with van der Waals surface area (Å²) in [5, 5.41) is 40.4. The Kier molecular flexibility index (Phi) is 25.0. The van der Waals surface area contributed by atoms with E-state index in [-0.39, 0.29) is 0 Å². The molecule has 0 bridgehead atoms. The average molecular weight is 979 g/mol. The van der Waals surface area contributed by atoms with Crippen molar-refractivity contribution in [3.05, 3.63) is 144 Å². The zero-order valence-corrected chi connectivity index (χ0v) is 41.6. The standard InChI is InChI=1S/C55H78N8O8/c64-52(65)60(44-48-20-5-1-6-21-48)38-16-34-56-28-13-29-57(35-17-39-61(53(66)67)45-49-22-7-2-8-23-49)31-15-33-59(37-19-41-63(55(70)71)47-51-26-11-4-12-27-51)43-42-58(32-14-30-56)36-18-40-62(54(68)69)46-50-24-9-3-10-25-50/h1-12,20-27H,13-19,28-47H2,(H,64,65)(H,66,67)(H,68,69)(H,70,71). The van der Waals surface area contributed by atoms with Crippen LogP contribution in [-0.2, 0) is 26.2 Å². The van der Waals surface area contributed by atoms with Gasteiger partial charge in [0.1, 0.15) is 0 Å². The van der Waals surface area contributed by atoms with Crippen LogP contribution in [0.2, 0.25) is 0 Å². The van der Waals surface area contributed by atoms with Crippen molar-refractivity contribution in [3.8, 4) is 0 Å². The number of nitrogens with zero attached hydrogens (tertiary/aromatic N) is 8. The second-order valence-corrected chi connectivity index (χ2v) is 18.6. The molecule has 16 nitrogen and oxygen atoms in total. The van der Waals surface area contributed by atoms with Crippen molar-refractivity contribution in [3.63, 3.8) is 0 Å². The van der Waals surface area contributed by atoms with Crippen LogP contribution < -0.4 is 0 Å². The van der Waals surface area contributed by atoms with Gasteiger partial charge in [0.2, 0.25) is 0 Å². The summed E-state index contributed by atoms with van der Waals surface area (Å²) in [4.78, 5) is 65.1. The van der Waals surface area contributed by atoms with Gasteiger partial charge in [0.25, 0.3) is 0 Å². The van der Waals surface area contributed by atoms with E-state index in [1.54, 1.807) is 0 Å². The van der Waals surface area contributed by atoms with Gasteiger partial charge < -0.3 is 59.6 Å². The van der Waals surface area contributed by atoms with E-state index in [0.717, 1.165) is 120 Å². The summed E-state index contributed by atoms with van der Waals surface area (Å²) in [7, 11) is 0. The number of carboxylic acid groups (broad SMARTS) is 4. The summed E-state index contributed by atoms with van der Waals surface area (Å²) in [5.41, 5.74) is 3.79. The molecule has 1 fully saturated rings. The molecule has 4 aromatic carbocycles. The number of amides is 4. The van der Waals surface area contributed by atoms with Gasteiger partial charge in [-0.1, -0.05) is 121 Å². The zero-order valence-electron chi connectivity index (χ0n) is 41.6. The third kappa shape index (κ3) is 22.2. The Labute approximate surface area is 421 Å². The molecular weight excluding hydrogens is 901 g/mol. The van der Waals surface area contributed by atoms with Crippen LogP contribution >= 0.6 is 0 Å². The molecule has 4 amide bonds. The van der Waals surface area contributed by atoms with Crippen molar-refractivity contribution < 1.29 is 39.6 Å². The fourth-order valence-corrected chi connectivity index (χ4v) is 9.30. The Morgan fingerprint density at radius 3 is 0.718 bits per heavy atom. The largest absolute Gasteiger partial charge is 0.465 e. The summed E-state index contributed by atoms with van der Waals surface area (Å²) in [6.45, 7) is 12.3. The van der Waals surface area contributed by atoms with E-state index < -0.39 is 24.4 Å². The molecule has 5 rings (SSSR count). The van der Waals surface area contributed by atoms with Crippen LogP contribution in [0, 0.1) is 0 Å².